The van der Waals surface area contributed by atoms with Crippen molar-refractivity contribution in [3.8, 4) is 0 Å². The van der Waals surface area contributed by atoms with Crippen LogP contribution in [0, 0.1) is 12.7 Å². The number of sulfonamides is 1. The summed E-state index contributed by atoms with van der Waals surface area (Å²) in [6.07, 6.45) is 0. The summed E-state index contributed by atoms with van der Waals surface area (Å²) in [6, 6.07) is 7.84. The fourth-order valence-electron chi connectivity index (χ4n) is 2.90. The highest BCUT2D eigenvalue weighted by Crippen LogP contribution is 2.24. The van der Waals surface area contributed by atoms with Crippen molar-refractivity contribution in [3.05, 3.63) is 58.4 Å². The molecule has 1 amide bonds. The van der Waals surface area contributed by atoms with Gasteiger partial charge in [-0.15, -0.1) is 0 Å². The maximum Gasteiger partial charge on any atom is 0.338 e. The first-order valence-corrected chi connectivity index (χ1v) is 11.1. The Hall–Kier alpha value is -2.53. The molecular formula is C20H20ClFN2O6S. The number of ether oxygens (including phenoxy) is 2. The number of amides is 1. The highest BCUT2D eigenvalue weighted by atomic mass is 35.5. The van der Waals surface area contributed by atoms with Gasteiger partial charge >= 0.3 is 5.97 Å². The van der Waals surface area contributed by atoms with Crippen molar-refractivity contribution in [3.63, 3.8) is 0 Å². The second-order valence-corrected chi connectivity index (χ2v) is 9.01. The molecule has 0 atom stereocenters. The molecule has 1 aliphatic heterocycles. The Morgan fingerprint density at radius 1 is 1.23 bits per heavy atom. The topological polar surface area (TPSA) is 102 Å². The lowest BCUT2D eigenvalue weighted by atomic mass is 10.2. The van der Waals surface area contributed by atoms with Crippen molar-refractivity contribution in [2.45, 2.75) is 11.8 Å². The van der Waals surface area contributed by atoms with Gasteiger partial charge in [0.15, 0.2) is 6.61 Å². The number of hydrogen-bond donors (Lipinski definition) is 1. The molecule has 1 N–H and O–H groups in total. The van der Waals surface area contributed by atoms with Gasteiger partial charge in [0.05, 0.1) is 18.8 Å². The molecule has 1 heterocycles. The summed E-state index contributed by atoms with van der Waals surface area (Å²) >= 11 is 6.00. The Morgan fingerprint density at radius 3 is 2.65 bits per heavy atom. The summed E-state index contributed by atoms with van der Waals surface area (Å²) in [5.74, 6) is -2.56. The minimum atomic E-state index is -4.15. The second kappa shape index (κ2) is 9.73. The van der Waals surface area contributed by atoms with Crippen LogP contribution in [-0.2, 0) is 24.3 Å². The predicted octanol–water partition coefficient (Wildman–Crippen LogP) is 2.60. The third kappa shape index (κ3) is 5.40. The van der Waals surface area contributed by atoms with E-state index >= 15 is 0 Å². The Morgan fingerprint density at radius 2 is 1.94 bits per heavy atom. The lowest BCUT2D eigenvalue weighted by molar-refractivity contribution is -0.119. The molecule has 1 fully saturated rings. The van der Waals surface area contributed by atoms with Gasteiger partial charge in [-0.1, -0.05) is 17.7 Å². The van der Waals surface area contributed by atoms with E-state index in [1.54, 1.807) is 25.1 Å². The van der Waals surface area contributed by atoms with E-state index in [1.165, 1.54) is 0 Å². The fraction of sp³-hybridized carbons (Fsp3) is 0.300. The zero-order chi connectivity index (χ0) is 22.6. The molecule has 2 aromatic rings. The van der Waals surface area contributed by atoms with Crippen LogP contribution in [0.4, 0.5) is 10.1 Å². The summed E-state index contributed by atoms with van der Waals surface area (Å²) < 4.78 is 50.8. The Bertz CT molecular complexity index is 1100. The Labute approximate surface area is 183 Å². The van der Waals surface area contributed by atoms with Crippen LogP contribution in [0.5, 0.6) is 0 Å². The van der Waals surface area contributed by atoms with Crippen LogP contribution < -0.4 is 5.32 Å². The van der Waals surface area contributed by atoms with E-state index in [0.717, 1.165) is 22.5 Å². The van der Waals surface area contributed by atoms with Gasteiger partial charge in [-0.2, -0.15) is 4.31 Å². The molecule has 1 aliphatic rings. The van der Waals surface area contributed by atoms with E-state index in [1.807, 2.05) is 0 Å². The summed E-state index contributed by atoms with van der Waals surface area (Å²) in [5.41, 5.74) is 0.925. The molecule has 3 rings (SSSR count). The van der Waals surface area contributed by atoms with Crippen LogP contribution in [0.1, 0.15) is 15.9 Å². The standard InChI is InChI=1S/C20H20ClFN2O6S/c1-13-15(21)3-2-4-17(13)23-19(25)12-30-20(26)14-5-6-16(22)18(11-14)31(27,28)24-7-9-29-10-8-24/h2-6,11H,7-10,12H2,1H3,(H,23,25). The minimum absolute atomic E-state index is 0.0829. The number of carbonyl (C=O) groups excluding carboxylic acids is 2. The molecule has 0 radical (unpaired) electrons. The number of benzene rings is 2. The van der Waals surface area contributed by atoms with E-state index in [9.17, 15) is 22.4 Å². The number of morpholine rings is 1. The molecule has 0 aromatic heterocycles. The molecule has 31 heavy (non-hydrogen) atoms. The number of anilines is 1. The number of hydrogen-bond acceptors (Lipinski definition) is 6. The van der Waals surface area contributed by atoms with Crippen molar-refractivity contribution in [2.24, 2.45) is 0 Å². The van der Waals surface area contributed by atoms with Crippen LogP contribution >= 0.6 is 11.6 Å². The first-order valence-electron chi connectivity index (χ1n) is 9.29. The van der Waals surface area contributed by atoms with Gasteiger partial charge in [-0.05, 0) is 42.8 Å². The van der Waals surface area contributed by atoms with Crippen molar-refractivity contribution in [1.82, 2.24) is 4.31 Å². The predicted molar refractivity (Wildman–Crippen MR) is 111 cm³/mol. The zero-order valence-corrected chi connectivity index (χ0v) is 18.1. The third-order valence-corrected chi connectivity index (χ3v) is 6.95. The smallest absolute Gasteiger partial charge is 0.338 e. The van der Waals surface area contributed by atoms with Crippen molar-refractivity contribution in [1.29, 1.82) is 0 Å². The number of nitrogens with one attached hydrogen (secondary N) is 1. The lowest BCUT2D eigenvalue weighted by Gasteiger charge is -2.26. The van der Waals surface area contributed by atoms with Crippen LogP contribution in [0.25, 0.3) is 0 Å². The molecule has 0 unspecified atom stereocenters. The lowest BCUT2D eigenvalue weighted by Crippen LogP contribution is -2.41. The molecule has 0 spiro atoms. The molecule has 11 heteroatoms. The van der Waals surface area contributed by atoms with Crippen LogP contribution in [0.2, 0.25) is 5.02 Å². The second-order valence-electron chi connectivity index (χ2n) is 6.70. The summed E-state index contributed by atoms with van der Waals surface area (Å²) in [6.45, 7) is 1.67. The quantitative estimate of drug-likeness (QED) is 0.651. The van der Waals surface area contributed by atoms with Gasteiger partial charge in [0.2, 0.25) is 10.0 Å². The van der Waals surface area contributed by atoms with Gasteiger partial charge in [0.1, 0.15) is 10.7 Å². The van der Waals surface area contributed by atoms with Gasteiger partial charge in [0.25, 0.3) is 5.91 Å². The first kappa shape index (κ1) is 23.1. The largest absolute Gasteiger partial charge is 0.452 e. The number of esters is 1. The number of rotatable bonds is 6. The number of halogens is 2. The Balaban J connectivity index is 1.69. The highest BCUT2D eigenvalue weighted by Gasteiger charge is 2.30. The van der Waals surface area contributed by atoms with Crippen LogP contribution in [0.3, 0.4) is 0 Å². The van der Waals surface area contributed by atoms with E-state index < -0.39 is 39.2 Å². The summed E-state index contributed by atoms with van der Waals surface area (Å²) in [7, 11) is -4.15. The van der Waals surface area contributed by atoms with Gasteiger partial charge in [0, 0.05) is 23.8 Å². The van der Waals surface area contributed by atoms with Crippen molar-refractivity contribution < 1.29 is 31.9 Å². The van der Waals surface area contributed by atoms with Crippen molar-refractivity contribution >= 4 is 39.2 Å². The SMILES string of the molecule is Cc1c(Cl)cccc1NC(=O)COC(=O)c1ccc(F)c(S(=O)(=O)N2CCOCC2)c1. The first-order chi connectivity index (χ1) is 14.7. The molecular weight excluding hydrogens is 451 g/mol. The van der Waals surface area contributed by atoms with Gasteiger partial charge in [-0.25, -0.2) is 17.6 Å². The van der Waals surface area contributed by atoms with Crippen LogP contribution in [0.15, 0.2) is 41.3 Å². The highest BCUT2D eigenvalue weighted by molar-refractivity contribution is 7.89. The van der Waals surface area contributed by atoms with E-state index in [-0.39, 0.29) is 31.9 Å². The molecule has 0 bridgehead atoms. The molecule has 166 valence electrons. The number of carbonyl (C=O) groups is 2. The van der Waals surface area contributed by atoms with Crippen molar-refractivity contribution in [2.75, 3.05) is 38.2 Å². The van der Waals surface area contributed by atoms with Gasteiger partial charge in [-0.3, -0.25) is 4.79 Å². The van der Waals surface area contributed by atoms with Crippen LogP contribution in [-0.4, -0.2) is 57.5 Å². The fourth-order valence-corrected chi connectivity index (χ4v) is 4.57. The average molecular weight is 471 g/mol. The summed E-state index contributed by atoms with van der Waals surface area (Å²) in [4.78, 5) is 23.8. The molecule has 8 nitrogen and oxygen atoms in total. The van der Waals surface area contributed by atoms with E-state index in [2.05, 4.69) is 5.32 Å². The molecule has 0 saturated carbocycles. The normalized spacial score (nSPS) is 14.8. The molecule has 1 saturated heterocycles. The minimum Gasteiger partial charge on any atom is -0.452 e. The zero-order valence-electron chi connectivity index (χ0n) is 16.6. The summed E-state index contributed by atoms with van der Waals surface area (Å²) in [5, 5.41) is 3.04. The van der Waals surface area contributed by atoms with E-state index in [0.29, 0.717) is 16.3 Å². The molecule has 0 aliphatic carbocycles. The monoisotopic (exact) mass is 470 g/mol. The maximum absolute atomic E-state index is 14.2. The maximum atomic E-state index is 14.2. The Kier molecular flexibility index (Phi) is 7.26. The average Bonchev–Trinajstić information content (AvgIpc) is 2.76. The van der Waals surface area contributed by atoms with Gasteiger partial charge < -0.3 is 14.8 Å². The third-order valence-electron chi connectivity index (χ3n) is 4.63. The molecule has 2 aromatic carbocycles. The van der Waals surface area contributed by atoms with E-state index in [4.69, 9.17) is 21.1 Å². The number of nitrogens with zero attached hydrogens (tertiary/aromatic N) is 1.